The third-order valence-electron chi connectivity index (χ3n) is 3.87. The van der Waals surface area contributed by atoms with E-state index in [1.54, 1.807) is 44.5 Å². The fraction of sp³-hybridized carbons (Fsp3) is 0.429. The third kappa shape index (κ3) is 11.8. The Morgan fingerprint density at radius 3 is 1.52 bits per heavy atom. The van der Waals surface area contributed by atoms with Crippen molar-refractivity contribution in [2.75, 3.05) is 32.3 Å². The molecule has 10 heteroatoms. The fourth-order valence-corrected chi connectivity index (χ4v) is 5.67. The third-order valence-corrected chi connectivity index (χ3v) is 7.36. The van der Waals surface area contributed by atoms with Crippen LogP contribution in [0.2, 0.25) is 0 Å². The van der Waals surface area contributed by atoms with Gasteiger partial charge in [0.15, 0.2) is 0 Å². The van der Waals surface area contributed by atoms with Gasteiger partial charge in [-0.15, -0.1) is 0 Å². The Labute approximate surface area is 185 Å². The summed E-state index contributed by atoms with van der Waals surface area (Å²) in [5.74, 6) is 0. The number of anilines is 1. The molecule has 0 heterocycles. The highest BCUT2D eigenvalue weighted by Gasteiger charge is 2.17. The highest BCUT2D eigenvalue weighted by molar-refractivity contribution is 7.57. The van der Waals surface area contributed by atoms with E-state index < -0.39 is 19.7 Å². The van der Waals surface area contributed by atoms with Gasteiger partial charge in [0.05, 0.1) is 18.1 Å². The molecule has 2 unspecified atom stereocenters. The quantitative estimate of drug-likeness (QED) is 0.194. The molecule has 0 saturated carbocycles. The molecule has 2 rings (SSSR count). The summed E-state index contributed by atoms with van der Waals surface area (Å²) >= 11 is 0. The predicted octanol–water partition coefficient (Wildman–Crippen LogP) is 6.39. The van der Waals surface area contributed by atoms with Crippen molar-refractivity contribution in [1.82, 2.24) is 0 Å². The molecule has 174 valence electrons. The summed E-state index contributed by atoms with van der Waals surface area (Å²) in [5.41, 5.74) is 8.08. The van der Waals surface area contributed by atoms with Crippen LogP contribution in [0, 0.1) is 10.1 Å². The molecule has 2 N–H and O–H groups in total. The second-order valence-corrected chi connectivity index (χ2v) is 12.1. The maximum atomic E-state index is 11.8. The molecule has 0 fully saturated rings. The molecule has 0 saturated heterocycles. The summed E-state index contributed by atoms with van der Waals surface area (Å²) in [6.45, 7) is 7.75. The molecular formula is C21H34N2O6P2. The maximum absolute atomic E-state index is 11.8. The molecule has 2 aromatic rings. The first-order valence-electron chi connectivity index (χ1n) is 9.48. The number of nitrogen functional groups attached to an aromatic ring is 1. The first-order chi connectivity index (χ1) is 14.0. The number of rotatable bonds is 9. The number of nitro benzene ring substituents is 1. The van der Waals surface area contributed by atoms with Crippen LogP contribution < -0.4 is 5.73 Å². The van der Waals surface area contributed by atoms with Crippen molar-refractivity contribution in [3.05, 3.63) is 69.8 Å². The van der Waals surface area contributed by atoms with Crippen LogP contribution in [0.5, 0.6) is 0 Å². The van der Waals surface area contributed by atoms with Crippen molar-refractivity contribution in [2.45, 2.75) is 33.6 Å². The number of nitro groups is 1. The first-order valence-corrected chi connectivity index (χ1v) is 14.0. The molecule has 0 aliphatic rings. The zero-order valence-corrected chi connectivity index (χ0v) is 19.6. The van der Waals surface area contributed by atoms with E-state index in [1.807, 2.05) is 19.1 Å². The lowest BCUT2D eigenvalue weighted by Crippen LogP contribution is -1.93. The van der Waals surface area contributed by atoms with Crippen LogP contribution >= 0.6 is 14.7 Å². The van der Waals surface area contributed by atoms with Gasteiger partial charge in [0.2, 0.25) is 14.7 Å². The highest BCUT2D eigenvalue weighted by Crippen LogP contribution is 2.46. The van der Waals surface area contributed by atoms with E-state index in [-0.39, 0.29) is 13.1 Å². The Morgan fingerprint density at radius 1 is 0.839 bits per heavy atom. The smallest absolute Gasteiger partial charge is 0.269 e. The average Bonchev–Trinajstić information content (AvgIpc) is 2.64. The molecular weight excluding hydrogens is 438 g/mol. The van der Waals surface area contributed by atoms with E-state index in [1.165, 1.54) is 12.1 Å². The summed E-state index contributed by atoms with van der Waals surface area (Å²) in [7, 11) is -5.09. The number of nitrogens with two attached hydrogens (primary N) is 1. The molecule has 2 aromatic carbocycles. The van der Waals surface area contributed by atoms with Gasteiger partial charge in [0, 0.05) is 43.5 Å². The molecule has 0 aromatic heterocycles. The normalized spacial score (nSPS) is 14.2. The number of non-ortho nitro benzene ring substituents is 1. The monoisotopic (exact) mass is 472 g/mol. The largest absolute Gasteiger partial charge is 0.399 e. The fourth-order valence-electron chi connectivity index (χ4n) is 2.65. The van der Waals surface area contributed by atoms with Crippen LogP contribution in [-0.2, 0) is 30.5 Å². The van der Waals surface area contributed by atoms with Gasteiger partial charge in [0.25, 0.3) is 5.69 Å². The summed E-state index contributed by atoms with van der Waals surface area (Å²) in [6.07, 6.45) is 0.778. The average molecular weight is 472 g/mol. The number of hydrogen-bond donors (Lipinski definition) is 1. The molecule has 31 heavy (non-hydrogen) atoms. The molecule has 0 amide bonds. The van der Waals surface area contributed by atoms with E-state index >= 15 is 0 Å². The van der Waals surface area contributed by atoms with Crippen molar-refractivity contribution >= 4 is 26.1 Å². The van der Waals surface area contributed by atoms with Crippen molar-refractivity contribution in [1.29, 1.82) is 0 Å². The van der Waals surface area contributed by atoms with Crippen LogP contribution in [0.3, 0.4) is 0 Å². The lowest BCUT2D eigenvalue weighted by atomic mass is 10.2. The van der Waals surface area contributed by atoms with Crippen molar-refractivity contribution in [3.8, 4) is 0 Å². The molecule has 2 atom stereocenters. The molecule has 8 nitrogen and oxygen atoms in total. The Kier molecular flexibility index (Phi) is 12.6. The van der Waals surface area contributed by atoms with Gasteiger partial charge in [-0.25, -0.2) is 0 Å². The first kappa shape index (κ1) is 29.0. The predicted molar refractivity (Wildman–Crippen MR) is 128 cm³/mol. The Morgan fingerprint density at radius 2 is 1.19 bits per heavy atom. The number of hydrogen-bond acceptors (Lipinski definition) is 7. The molecule has 0 aliphatic heterocycles. The molecule has 0 radical (unpaired) electrons. The summed E-state index contributed by atoms with van der Waals surface area (Å²) in [4.78, 5) is 9.97. The van der Waals surface area contributed by atoms with Gasteiger partial charge < -0.3 is 14.8 Å². The standard InChI is InChI=1S/C10H14NO4P.C10H16NO2P.CH4/c1-3-15-16(2,14)8-9-4-6-10(7-5-9)11(12)13;1-3-13-14(2,12)8-9-4-6-10(11)7-5-9;/h4-7H,3,8H2,1-2H3;4-7H,3,8,11H2,1-2H3;1H4. The lowest BCUT2D eigenvalue weighted by molar-refractivity contribution is -0.384. The van der Waals surface area contributed by atoms with Crippen LogP contribution in [0.15, 0.2) is 48.5 Å². The number of nitrogens with zero attached hydrogens (tertiary/aromatic N) is 1. The van der Waals surface area contributed by atoms with E-state index in [2.05, 4.69) is 0 Å². The minimum absolute atomic E-state index is 0. The van der Waals surface area contributed by atoms with E-state index in [4.69, 9.17) is 14.8 Å². The van der Waals surface area contributed by atoms with E-state index in [0.717, 1.165) is 16.8 Å². The van der Waals surface area contributed by atoms with Crippen LogP contribution in [-0.4, -0.2) is 31.5 Å². The summed E-state index contributed by atoms with van der Waals surface area (Å²) < 4.78 is 34.0. The number of benzene rings is 2. The van der Waals surface area contributed by atoms with Gasteiger partial charge >= 0.3 is 0 Å². The van der Waals surface area contributed by atoms with Gasteiger partial charge in [0.1, 0.15) is 0 Å². The van der Waals surface area contributed by atoms with Gasteiger partial charge in [-0.1, -0.05) is 31.7 Å². The Hall–Kier alpha value is -1.98. The van der Waals surface area contributed by atoms with Gasteiger partial charge in [-0.2, -0.15) is 0 Å². The van der Waals surface area contributed by atoms with Gasteiger partial charge in [-0.05, 0) is 37.1 Å². The van der Waals surface area contributed by atoms with Crippen molar-refractivity contribution in [2.24, 2.45) is 0 Å². The van der Waals surface area contributed by atoms with Crippen LogP contribution in [0.1, 0.15) is 32.4 Å². The second-order valence-electron chi connectivity index (χ2n) is 6.85. The highest BCUT2D eigenvalue weighted by atomic mass is 31.2. The zero-order valence-electron chi connectivity index (χ0n) is 17.8. The van der Waals surface area contributed by atoms with Crippen molar-refractivity contribution < 1.29 is 23.1 Å². The Balaban J connectivity index is 0.000000567. The van der Waals surface area contributed by atoms with Gasteiger partial charge in [-0.3, -0.25) is 19.2 Å². The zero-order chi connectivity index (χ0) is 22.8. The second kappa shape index (κ2) is 13.4. The topological polar surface area (TPSA) is 122 Å². The summed E-state index contributed by atoms with van der Waals surface area (Å²) in [5, 5.41) is 10.4. The van der Waals surface area contributed by atoms with Crippen LogP contribution in [0.4, 0.5) is 11.4 Å². The van der Waals surface area contributed by atoms with E-state index in [0.29, 0.717) is 25.5 Å². The molecule has 0 bridgehead atoms. The summed E-state index contributed by atoms with van der Waals surface area (Å²) in [6, 6.07) is 13.4. The maximum Gasteiger partial charge on any atom is 0.269 e. The lowest BCUT2D eigenvalue weighted by Gasteiger charge is -2.12. The Bertz CT molecular complexity index is 901. The van der Waals surface area contributed by atoms with E-state index in [9.17, 15) is 19.2 Å². The molecule has 0 aliphatic carbocycles. The SMILES string of the molecule is C.CCOP(C)(=O)Cc1ccc(N)cc1.CCOP(C)(=O)Cc1ccc([N+](=O)[O-])cc1. The minimum Gasteiger partial charge on any atom is -0.399 e. The molecule has 0 spiro atoms. The van der Waals surface area contributed by atoms with Crippen LogP contribution in [0.25, 0.3) is 0 Å². The minimum atomic E-state index is -2.62. The van der Waals surface area contributed by atoms with Crippen molar-refractivity contribution in [3.63, 3.8) is 0 Å².